The van der Waals surface area contributed by atoms with Crippen LogP contribution in [0.25, 0.3) is 0 Å². The molecule has 0 saturated heterocycles. The van der Waals surface area contributed by atoms with Gasteiger partial charge >= 0.3 is 95.3 Å². The van der Waals surface area contributed by atoms with Crippen LogP contribution in [-0.2, 0) is 12.8 Å². The van der Waals surface area contributed by atoms with Gasteiger partial charge < -0.3 is 4.89 Å². The molecule has 0 unspecified atom stereocenters. The smallest absolute Gasteiger partial charge is 0.364 e. The van der Waals surface area contributed by atoms with Gasteiger partial charge in [-0.2, -0.15) is 149 Å². The number of rotatable bonds is 20. The molecular weight excluding hydrogens is 1080 g/mol. The standard InChI is InChI=1S/C32H17F34OP/c33-17(34,19(37,38)21(41,42)23(45,46)25(49,50)27(53,54)29(57,58)31(61,62)63)11-9-13-1-5-15(6-2-13)68(67)16-7-3-14(4-8-16)10-12-18(35,36)20(39,40)22(43,44)24(47,48)26(51,52)28(55,56)30(59,60)32(64,65)66/h1-8,67H,9-12H2. The highest BCUT2D eigenvalue weighted by molar-refractivity contribution is 7.67. The van der Waals surface area contributed by atoms with Gasteiger partial charge in [-0.3, -0.25) is 0 Å². The topological polar surface area (TPSA) is 20.2 Å². The Hall–Kier alpha value is -3.55. The second-order valence-electron chi connectivity index (χ2n) is 13.9. The average molecular weight is 1090 g/mol. The highest BCUT2D eigenvalue weighted by atomic mass is 31.1. The summed E-state index contributed by atoms with van der Waals surface area (Å²) in [6, 6.07) is 4.52. The molecule has 0 spiro atoms. The molecule has 0 fully saturated rings. The Balaban J connectivity index is 2.27. The zero-order chi connectivity index (χ0) is 54.4. The van der Waals surface area contributed by atoms with E-state index in [0.717, 1.165) is 0 Å². The lowest BCUT2D eigenvalue weighted by molar-refractivity contribution is -0.461. The Morgan fingerprint density at radius 2 is 0.441 bits per heavy atom. The van der Waals surface area contributed by atoms with Gasteiger partial charge in [-0.1, -0.05) is 48.5 Å². The SMILES string of the molecule is OP(c1ccc(CCC(F)(F)C(F)(F)C(F)(F)C(F)(F)C(F)(F)C(F)(F)C(F)(F)C(F)(F)F)cc1)c1ccc(CCC(F)(F)C(F)(F)C(F)(F)C(F)(F)C(F)(F)C(F)(F)C(F)(F)C(F)(F)F)cc1. The molecule has 0 aliphatic carbocycles. The van der Waals surface area contributed by atoms with E-state index in [1.807, 2.05) is 0 Å². The van der Waals surface area contributed by atoms with Gasteiger partial charge in [0.2, 0.25) is 0 Å². The fourth-order valence-electron chi connectivity index (χ4n) is 5.07. The zero-order valence-electron chi connectivity index (χ0n) is 31.2. The first-order chi connectivity index (χ1) is 29.5. The van der Waals surface area contributed by atoms with E-state index in [0.29, 0.717) is 48.5 Å². The van der Waals surface area contributed by atoms with Gasteiger partial charge in [0.05, 0.1) is 8.15 Å². The van der Waals surface area contributed by atoms with Crippen LogP contribution < -0.4 is 10.6 Å². The van der Waals surface area contributed by atoms with Crippen molar-refractivity contribution in [2.24, 2.45) is 0 Å². The van der Waals surface area contributed by atoms with Gasteiger partial charge in [0.25, 0.3) is 0 Å². The monoisotopic (exact) mass is 1090 g/mol. The first-order valence-corrected chi connectivity index (χ1v) is 17.9. The summed E-state index contributed by atoms with van der Waals surface area (Å²) in [5.41, 5.74) is -1.56. The van der Waals surface area contributed by atoms with Crippen molar-refractivity contribution < 1.29 is 154 Å². The van der Waals surface area contributed by atoms with E-state index < -0.39 is 151 Å². The molecule has 2 aromatic carbocycles. The second-order valence-corrected chi connectivity index (χ2v) is 15.6. The van der Waals surface area contributed by atoms with Gasteiger partial charge in [-0.05, 0) is 24.0 Å². The van der Waals surface area contributed by atoms with E-state index >= 15 is 0 Å². The quantitative estimate of drug-likeness (QED) is 0.103. The maximum Gasteiger partial charge on any atom is 0.460 e. The van der Waals surface area contributed by atoms with Gasteiger partial charge in [0.15, 0.2) is 0 Å². The summed E-state index contributed by atoms with van der Waals surface area (Å²) in [5.74, 6) is -116. The number of alkyl halides is 34. The minimum absolute atomic E-state index is 0.428. The molecule has 0 aliphatic rings. The van der Waals surface area contributed by atoms with Crippen molar-refractivity contribution in [3.05, 3.63) is 59.7 Å². The highest BCUT2D eigenvalue weighted by Gasteiger charge is 2.96. The Kier molecular flexibility index (Phi) is 15.4. The summed E-state index contributed by atoms with van der Waals surface area (Å²) in [6.45, 7) is 0. The summed E-state index contributed by atoms with van der Waals surface area (Å²) < 4.78 is 459. The van der Waals surface area contributed by atoms with Crippen LogP contribution in [0.15, 0.2) is 48.5 Å². The molecule has 0 aromatic heterocycles. The fraction of sp³-hybridized carbons (Fsp3) is 0.625. The summed E-state index contributed by atoms with van der Waals surface area (Å²) in [5, 5.41) is -0.855. The molecule has 394 valence electrons. The number of hydrogen-bond acceptors (Lipinski definition) is 1. The molecule has 36 heteroatoms. The summed E-state index contributed by atoms with van der Waals surface area (Å²) in [6.07, 6.45) is -25.1. The molecule has 0 atom stereocenters. The van der Waals surface area contributed by atoms with E-state index in [4.69, 9.17) is 0 Å². The largest absolute Gasteiger partial charge is 0.460 e. The number of halogens is 34. The lowest BCUT2D eigenvalue weighted by atomic mass is 9.87. The van der Waals surface area contributed by atoms with Crippen molar-refractivity contribution in [2.45, 2.75) is 121 Å². The van der Waals surface area contributed by atoms with Crippen LogP contribution >= 0.6 is 8.15 Å². The third kappa shape index (κ3) is 8.94. The van der Waals surface area contributed by atoms with E-state index in [2.05, 4.69) is 0 Å². The molecule has 0 bridgehead atoms. The minimum atomic E-state index is -8.85. The van der Waals surface area contributed by atoms with Crippen molar-refractivity contribution in [2.75, 3.05) is 0 Å². The molecule has 0 radical (unpaired) electrons. The lowest BCUT2D eigenvalue weighted by Gasteiger charge is -2.42. The van der Waals surface area contributed by atoms with Gasteiger partial charge in [0, 0.05) is 23.5 Å². The second kappa shape index (κ2) is 17.3. The van der Waals surface area contributed by atoms with Crippen LogP contribution in [0.3, 0.4) is 0 Å². The summed E-state index contributed by atoms with van der Waals surface area (Å²) in [7, 11) is -2.84. The Morgan fingerprint density at radius 3 is 0.632 bits per heavy atom. The summed E-state index contributed by atoms with van der Waals surface area (Å²) in [4.78, 5) is 10.5. The number of benzene rings is 2. The minimum Gasteiger partial charge on any atom is -0.364 e. The van der Waals surface area contributed by atoms with E-state index in [-0.39, 0.29) is 0 Å². The Bertz CT molecular complexity index is 1900. The first kappa shape index (κ1) is 60.6. The van der Waals surface area contributed by atoms with Crippen LogP contribution in [0.4, 0.5) is 149 Å². The third-order valence-electron chi connectivity index (χ3n) is 9.39. The van der Waals surface area contributed by atoms with E-state index in [1.54, 1.807) is 0 Å². The number of hydrogen-bond donors (Lipinski definition) is 1. The Morgan fingerprint density at radius 1 is 0.265 bits per heavy atom. The predicted molar refractivity (Wildman–Crippen MR) is 159 cm³/mol. The molecule has 0 saturated carbocycles. The average Bonchev–Trinajstić information content (AvgIpc) is 3.17. The van der Waals surface area contributed by atoms with Gasteiger partial charge in [0.1, 0.15) is 0 Å². The third-order valence-corrected chi connectivity index (χ3v) is 11.0. The predicted octanol–water partition coefficient (Wildman–Crippen LogP) is 13.9. The lowest BCUT2D eigenvalue weighted by Crippen LogP contribution is -2.74. The van der Waals surface area contributed by atoms with E-state index in [9.17, 15) is 154 Å². The van der Waals surface area contributed by atoms with Gasteiger partial charge in [-0.15, -0.1) is 0 Å². The van der Waals surface area contributed by atoms with Crippen LogP contribution in [0.2, 0.25) is 0 Å². The van der Waals surface area contributed by atoms with Gasteiger partial charge in [-0.25, -0.2) is 0 Å². The van der Waals surface area contributed by atoms with Crippen molar-refractivity contribution in [1.29, 1.82) is 0 Å². The first-order valence-electron chi connectivity index (χ1n) is 16.6. The van der Waals surface area contributed by atoms with Crippen molar-refractivity contribution in [1.82, 2.24) is 0 Å². The molecule has 68 heavy (non-hydrogen) atoms. The van der Waals surface area contributed by atoms with Crippen molar-refractivity contribution >= 4 is 18.8 Å². The molecule has 0 heterocycles. The normalized spacial score (nSPS) is 15.9. The van der Waals surface area contributed by atoms with Crippen LogP contribution in [0, 0.1) is 0 Å². The molecule has 0 aliphatic heterocycles. The highest BCUT2D eigenvalue weighted by Crippen LogP contribution is 2.66. The molecule has 1 nitrogen and oxygen atoms in total. The maximum absolute atomic E-state index is 14.3. The molecule has 2 aromatic rings. The maximum atomic E-state index is 14.3. The van der Waals surface area contributed by atoms with Crippen LogP contribution in [0.1, 0.15) is 24.0 Å². The van der Waals surface area contributed by atoms with Crippen molar-refractivity contribution in [3.63, 3.8) is 0 Å². The molecule has 1 N–H and O–H groups in total. The van der Waals surface area contributed by atoms with E-state index in [1.165, 1.54) is 0 Å². The molecule has 2 rings (SSSR count). The summed E-state index contributed by atoms with van der Waals surface area (Å²) >= 11 is 0. The zero-order valence-corrected chi connectivity index (χ0v) is 32.1. The van der Waals surface area contributed by atoms with Crippen LogP contribution in [0.5, 0.6) is 0 Å². The molecular formula is C32H17F34OP. The fourth-order valence-corrected chi connectivity index (χ4v) is 6.23. The van der Waals surface area contributed by atoms with Crippen molar-refractivity contribution in [3.8, 4) is 0 Å². The Labute approximate surface area is 354 Å². The molecule has 0 amide bonds. The van der Waals surface area contributed by atoms with Crippen LogP contribution in [-0.4, -0.2) is 100 Å². The number of aryl methyl sites for hydroxylation is 2.